The van der Waals surface area contributed by atoms with Gasteiger partial charge in [0.05, 0.1) is 25.2 Å². The fourth-order valence-corrected chi connectivity index (χ4v) is 2.00. The Labute approximate surface area is 137 Å². The molecular formula is C17H15FN4O2. The molecule has 0 spiro atoms. The molecule has 0 aliphatic heterocycles. The average molecular weight is 326 g/mol. The van der Waals surface area contributed by atoms with Crippen LogP contribution in [0.5, 0.6) is 0 Å². The predicted octanol–water partition coefficient (Wildman–Crippen LogP) is 2.75. The molecule has 0 bridgehead atoms. The Morgan fingerprint density at radius 3 is 2.58 bits per heavy atom. The van der Waals surface area contributed by atoms with Crippen LogP contribution in [0.2, 0.25) is 0 Å². The predicted molar refractivity (Wildman–Crippen MR) is 85.6 cm³/mol. The van der Waals surface area contributed by atoms with E-state index in [-0.39, 0.29) is 24.0 Å². The molecular weight excluding hydrogens is 311 g/mol. The van der Waals surface area contributed by atoms with E-state index in [1.165, 1.54) is 24.5 Å². The number of hydrogen-bond acceptors (Lipinski definition) is 5. The molecule has 0 saturated carbocycles. The maximum Gasteiger partial charge on any atom is 0.271 e. The van der Waals surface area contributed by atoms with Crippen LogP contribution in [0, 0.1) is 5.82 Å². The highest BCUT2D eigenvalue weighted by atomic mass is 19.1. The summed E-state index contributed by atoms with van der Waals surface area (Å²) in [6.07, 6.45) is 4.42. The quantitative estimate of drug-likeness (QED) is 0.728. The molecule has 0 atom stereocenters. The van der Waals surface area contributed by atoms with E-state index >= 15 is 0 Å². The largest absolute Gasteiger partial charge is 0.467 e. The standard InChI is InChI=1S/C17H15FN4O2/c18-13-5-3-12(4-6-13)8-20-16-11-19-15(10-21-16)17(23)22-9-14-2-1-7-24-14/h1-7,10-11H,8-9H2,(H,20,21)(H,22,23). The van der Waals surface area contributed by atoms with Gasteiger partial charge in [-0.05, 0) is 29.8 Å². The van der Waals surface area contributed by atoms with Crippen LogP contribution in [0.25, 0.3) is 0 Å². The van der Waals surface area contributed by atoms with Crippen molar-refractivity contribution in [2.24, 2.45) is 0 Å². The molecule has 24 heavy (non-hydrogen) atoms. The Hall–Kier alpha value is -3.22. The molecule has 3 rings (SSSR count). The third-order valence-corrected chi connectivity index (χ3v) is 3.27. The van der Waals surface area contributed by atoms with Gasteiger partial charge in [-0.25, -0.2) is 14.4 Å². The van der Waals surface area contributed by atoms with Crippen molar-refractivity contribution >= 4 is 11.7 Å². The molecule has 7 heteroatoms. The van der Waals surface area contributed by atoms with E-state index in [0.29, 0.717) is 18.1 Å². The first kappa shape index (κ1) is 15.7. The van der Waals surface area contributed by atoms with Crippen LogP contribution < -0.4 is 10.6 Å². The zero-order valence-corrected chi connectivity index (χ0v) is 12.7. The van der Waals surface area contributed by atoms with Crippen LogP contribution in [0.1, 0.15) is 21.8 Å². The summed E-state index contributed by atoms with van der Waals surface area (Å²) in [5, 5.41) is 5.75. The first-order chi connectivity index (χ1) is 11.7. The number of benzene rings is 1. The van der Waals surface area contributed by atoms with Gasteiger partial charge in [0.2, 0.25) is 0 Å². The summed E-state index contributed by atoms with van der Waals surface area (Å²) in [6, 6.07) is 9.69. The summed E-state index contributed by atoms with van der Waals surface area (Å²) in [4.78, 5) is 20.2. The van der Waals surface area contributed by atoms with Crippen molar-refractivity contribution < 1.29 is 13.6 Å². The van der Waals surface area contributed by atoms with Gasteiger partial charge in [0.15, 0.2) is 0 Å². The smallest absolute Gasteiger partial charge is 0.271 e. The summed E-state index contributed by atoms with van der Waals surface area (Å²) >= 11 is 0. The summed E-state index contributed by atoms with van der Waals surface area (Å²) in [7, 11) is 0. The second kappa shape index (κ2) is 7.36. The molecule has 2 aromatic heterocycles. The molecule has 122 valence electrons. The van der Waals surface area contributed by atoms with Crippen molar-refractivity contribution in [3.63, 3.8) is 0 Å². The van der Waals surface area contributed by atoms with Gasteiger partial charge in [0, 0.05) is 6.54 Å². The summed E-state index contributed by atoms with van der Waals surface area (Å²) in [5.41, 5.74) is 1.13. The number of rotatable bonds is 6. The van der Waals surface area contributed by atoms with E-state index in [1.807, 2.05) is 0 Å². The molecule has 0 aliphatic rings. The molecule has 0 saturated heterocycles. The van der Waals surface area contributed by atoms with E-state index in [9.17, 15) is 9.18 Å². The van der Waals surface area contributed by atoms with Gasteiger partial charge in [0.25, 0.3) is 5.91 Å². The Kier molecular flexibility index (Phi) is 4.81. The molecule has 3 aromatic rings. The maximum absolute atomic E-state index is 12.8. The van der Waals surface area contributed by atoms with Crippen LogP contribution in [0.3, 0.4) is 0 Å². The van der Waals surface area contributed by atoms with Crippen LogP contribution in [0.15, 0.2) is 59.5 Å². The normalized spacial score (nSPS) is 10.4. The van der Waals surface area contributed by atoms with Gasteiger partial charge in [-0.1, -0.05) is 12.1 Å². The SMILES string of the molecule is O=C(NCc1ccco1)c1cnc(NCc2ccc(F)cc2)cn1. The Balaban J connectivity index is 1.52. The lowest BCUT2D eigenvalue weighted by Crippen LogP contribution is -2.23. The highest BCUT2D eigenvalue weighted by Crippen LogP contribution is 2.07. The molecule has 1 amide bonds. The van der Waals surface area contributed by atoms with Crippen molar-refractivity contribution in [3.05, 3.63) is 77.9 Å². The van der Waals surface area contributed by atoms with Gasteiger partial charge >= 0.3 is 0 Å². The van der Waals surface area contributed by atoms with E-state index in [4.69, 9.17) is 4.42 Å². The maximum atomic E-state index is 12.8. The molecule has 1 aromatic carbocycles. The number of anilines is 1. The van der Waals surface area contributed by atoms with Crippen LogP contribution in [0.4, 0.5) is 10.2 Å². The van der Waals surface area contributed by atoms with Crippen molar-refractivity contribution in [3.8, 4) is 0 Å². The number of nitrogens with zero attached hydrogens (tertiary/aromatic N) is 2. The van der Waals surface area contributed by atoms with Gasteiger partial charge < -0.3 is 15.1 Å². The summed E-state index contributed by atoms with van der Waals surface area (Å²) in [5.74, 6) is 0.586. The number of furan rings is 1. The molecule has 0 aliphatic carbocycles. The lowest BCUT2D eigenvalue weighted by Gasteiger charge is -2.06. The number of nitrogens with one attached hydrogen (secondary N) is 2. The number of carbonyl (C=O) groups is 1. The van der Waals surface area contributed by atoms with E-state index < -0.39 is 0 Å². The molecule has 0 unspecified atom stereocenters. The zero-order valence-electron chi connectivity index (χ0n) is 12.7. The minimum atomic E-state index is -0.330. The highest BCUT2D eigenvalue weighted by molar-refractivity contribution is 5.91. The van der Waals surface area contributed by atoms with Crippen molar-refractivity contribution in [2.45, 2.75) is 13.1 Å². The topological polar surface area (TPSA) is 80.0 Å². The van der Waals surface area contributed by atoms with Crippen LogP contribution >= 0.6 is 0 Å². The van der Waals surface area contributed by atoms with E-state index in [2.05, 4.69) is 20.6 Å². The first-order valence-corrected chi connectivity index (χ1v) is 7.31. The third kappa shape index (κ3) is 4.16. The fourth-order valence-electron chi connectivity index (χ4n) is 2.00. The number of aromatic nitrogens is 2. The van der Waals surface area contributed by atoms with Crippen molar-refractivity contribution in [2.75, 3.05) is 5.32 Å². The Morgan fingerprint density at radius 1 is 1.08 bits per heavy atom. The van der Waals surface area contributed by atoms with Crippen molar-refractivity contribution in [1.82, 2.24) is 15.3 Å². The average Bonchev–Trinajstić information content (AvgIpc) is 3.13. The van der Waals surface area contributed by atoms with E-state index in [0.717, 1.165) is 5.56 Å². The summed E-state index contributed by atoms with van der Waals surface area (Å²) < 4.78 is 18.0. The van der Waals surface area contributed by atoms with Gasteiger partial charge in [0.1, 0.15) is 23.1 Å². The second-order valence-electron chi connectivity index (χ2n) is 5.03. The zero-order chi connectivity index (χ0) is 16.8. The van der Waals surface area contributed by atoms with Gasteiger partial charge in [-0.2, -0.15) is 0 Å². The number of halogens is 1. The Morgan fingerprint density at radius 2 is 1.92 bits per heavy atom. The first-order valence-electron chi connectivity index (χ1n) is 7.31. The number of hydrogen-bond donors (Lipinski definition) is 2. The van der Waals surface area contributed by atoms with Gasteiger partial charge in [-0.15, -0.1) is 0 Å². The van der Waals surface area contributed by atoms with Crippen LogP contribution in [-0.4, -0.2) is 15.9 Å². The summed E-state index contributed by atoms with van der Waals surface area (Å²) in [6.45, 7) is 0.775. The molecule has 6 nitrogen and oxygen atoms in total. The number of carbonyl (C=O) groups excluding carboxylic acids is 1. The molecule has 0 fully saturated rings. The Bertz CT molecular complexity index is 786. The lowest BCUT2D eigenvalue weighted by atomic mass is 10.2. The van der Waals surface area contributed by atoms with Gasteiger partial charge in [-0.3, -0.25) is 4.79 Å². The lowest BCUT2D eigenvalue weighted by molar-refractivity contribution is 0.0942. The minimum absolute atomic E-state index is 0.217. The monoisotopic (exact) mass is 326 g/mol. The third-order valence-electron chi connectivity index (χ3n) is 3.27. The minimum Gasteiger partial charge on any atom is -0.467 e. The van der Waals surface area contributed by atoms with Crippen LogP contribution in [-0.2, 0) is 13.1 Å². The molecule has 0 radical (unpaired) electrons. The molecule has 2 N–H and O–H groups in total. The molecule has 2 heterocycles. The highest BCUT2D eigenvalue weighted by Gasteiger charge is 2.08. The van der Waals surface area contributed by atoms with Crippen molar-refractivity contribution in [1.29, 1.82) is 0 Å². The second-order valence-corrected chi connectivity index (χ2v) is 5.03. The fraction of sp³-hybridized carbons (Fsp3) is 0.118. The number of amides is 1. The van der Waals surface area contributed by atoms with E-state index in [1.54, 1.807) is 30.5 Å².